The smallest absolute Gasteiger partial charge is 0.243 e. The highest BCUT2D eigenvalue weighted by Gasteiger charge is 2.25. The van der Waals surface area contributed by atoms with Crippen molar-refractivity contribution in [3.63, 3.8) is 0 Å². The number of amides is 1. The lowest BCUT2D eigenvalue weighted by Gasteiger charge is -2.23. The van der Waals surface area contributed by atoms with Gasteiger partial charge >= 0.3 is 0 Å². The van der Waals surface area contributed by atoms with Gasteiger partial charge in [-0.2, -0.15) is 0 Å². The van der Waals surface area contributed by atoms with Crippen molar-refractivity contribution in [1.82, 2.24) is 10.3 Å². The van der Waals surface area contributed by atoms with E-state index in [-0.39, 0.29) is 11.9 Å². The monoisotopic (exact) mass is 348 g/mol. The normalized spacial score (nSPS) is 19.2. The fourth-order valence-electron chi connectivity index (χ4n) is 3.46. The number of carbonyl (C=O) groups is 1. The summed E-state index contributed by atoms with van der Waals surface area (Å²) in [5, 5.41) is 2.97. The van der Waals surface area contributed by atoms with Crippen molar-refractivity contribution in [3.05, 3.63) is 54.5 Å². The first-order chi connectivity index (χ1) is 12.8. The molecule has 6 nitrogen and oxygen atoms in total. The third-order valence-corrected chi connectivity index (χ3v) is 4.62. The molecule has 0 fully saturated rings. The summed E-state index contributed by atoms with van der Waals surface area (Å²) in [5.41, 5.74) is 3.95. The molecule has 0 saturated carbocycles. The van der Waals surface area contributed by atoms with Gasteiger partial charge < -0.3 is 14.7 Å². The number of aromatic nitrogens is 1. The summed E-state index contributed by atoms with van der Waals surface area (Å²) in [7, 11) is 0. The highest BCUT2D eigenvalue weighted by molar-refractivity contribution is 6.19. The highest BCUT2D eigenvalue weighted by atomic mass is 16.3. The molecule has 0 saturated heterocycles. The molecule has 0 bridgehead atoms. The van der Waals surface area contributed by atoms with Crippen LogP contribution < -0.4 is 5.32 Å². The van der Waals surface area contributed by atoms with Gasteiger partial charge in [-0.1, -0.05) is 12.7 Å². The van der Waals surface area contributed by atoms with Gasteiger partial charge in [-0.3, -0.25) is 9.79 Å². The van der Waals surface area contributed by atoms with Crippen LogP contribution in [0.25, 0.3) is 11.3 Å². The standard InChI is InChI=1S/C20H20N4O2/c1-2-17(25)24-14-6-3-5-13(11-14)19-18-15(16-7-4-10-26-16)12-23-20(18)22-9-8-21-19/h2,4,7,9-12,14,23H,1,3,5-6,8H2,(H,24,25). The van der Waals surface area contributed by atoms with Gasteiger partial charge in [0.2, 0.25) is 5.91 Å². The van der Waals surface area contributed by atoms with Crippen molar-refractivity contribution in [1.29, 1.82) is 0 Å². The third kappa shape index (κ3) is 3.06. The molecule has 0 radical (unpaired) electrons. The molecule has 1 unspecified atom stereocenters. The van der Waals surface area contributed by atoms with Gasteiger partial charge in [0.1, 0.15) is 11.6 Å². The van der Waals surface area contributed by atoms with E-state index in [0.717, 1.165) is 53.3 Å². The quantitative estimate of drug-likeness (QED) is 0.828. The van der Waals surface area contributed by atoms with E-state index in [1.165, 1.54) is 6.08 Å². The molecule has 2 aliphatic rings. The van der Waals surface area contributed by atoms with E-state index in [4.69, 9.17) is 9.41 Å². The molecule has 3 heterocycles. The molecular weight excluding hydrogens is 328 g/mol. The van der Waals surface area contributed by atoms with Gasteiger partial charge in [0, 0.05) is 24.0 Å². The second-order valence-corrected chi connectivity index (χ2v) is 6.31. The Morgan fingerprint density at radius 1 is 1.46 bits per heavy atom. The first kappa shape index (κ1) is 16.3. The van der Waals surface area contributed by atoms with Gasteiger partial charge in [-0.05, 0) is 43.0 Å². The summed E-state index contributed by atoms with van der Waals surface area (Å²) in [5.74, 6) is 1.41. The van der Waals surface area contributed by atoms with Crippen LogP contribution in [-0.4, -0.2) is 35.4 Å². The van der Waals surface area contributed by atoms with Crippen LogP contribution >= 0.6 is 0 Å². The van der Waals surface area contributed by atoms with Crippen LogP contribution in [0.5, 0.6) is 0 Å². The average Bonchev–Trinajstić information content (AvgIpc) is 3.27. The van der Waals surface area contributed by atoms with Crippen molar-refractivity contribution in [2.75, 3.05) is 6.54 Å². The zero-order valence-electron chi connectivity index (χ0n) is 14.4. The van der Waals surface area contributed by atoms with E-state index in [0.29, 0.717) is 6.54 Å². The van der Waals surface area contributed by atoms with Gasteiger partial charge in [0.05, 0.1) is 24.1 Å². The maximum absolute atomic E-state index is 11.7. The molecule has 0 spiro atoms. The Hall–Kier alpha value is -3.15. The molecule has 26 heavy (non-hydrogen) atoms. The first-order valence-electron chi connectivity index (χ1n) is 8.73. The van der Waals surface area contributed by atoms with Crippen LogP contribution in [0.15, 0.2) is 63.3 Å². The zero-order chi connectivity index (χ0) is 17.9. The number of nitrogens with one attached hydrogen (secondary N) is 2. The SMILES string of the molecule is C=CC(=O)NC1C=C(C2=NCC=Nc3[nH]cc(-c4ccco4)c32)CCC1. The molecule has 1 aliphatic heterocycles. The molecule has 2 aromatic rings. The number of rotatable bonds is 4. The van der Waals surface area contributed by atoms with Crippen LogP contribution in [0, 0.1) is 0 Å². The van der Waals surface area contributed by atoms with E-state index in [2.05, 4.69) is 27.9 Å². The van der Waals surface area contributed by atoms with Crippen LogP contribution in [-0.2, 0) is 4.79 Å². The second kappa shape index (κ2) is 7.00. The van der Waals surface area contributed by atoms with Gasteiger partial charge in [-0.25, -0.2) is 4.99 Å². The maximum atomic E-state index is 11.7. The lowest BCUT2D eigenvalue weighted by atomic mass is 9.89. The minimum absolute atomic E-state index is 0.00873. The Kier molecular flexibility index (Phi) is 4.39. The summed E-state index contributed by atoms with van der Waals surface area (Å²) < 4.78 is 5.59. The average molecular weight is 348 g/mol. The number of allylic oxidation sites excluding steroid dienone is 1. The topological polar surface area (TPSA) is 82.8 Å². The number of H-pyrrole nitrogens is 1. The van der Waals surface area contributed by atoms with Crippen molar-refractivity contribution < 1.29 is 9.21 Å². The Morgan fingerprint density at radius 2 is 2.38 bits per heavy atom. The van der Waals surface area contributed by atoms with Crippen LogP contribution in [0.4, 0.5) is 5.82 Å². The van der Waals surface area contributed by atoms with Crippen molar-refractivity contribution in [2.24, 2.45) is 9.98 Å². The fraction of sp³-hybridized carbons (Fsp3) is 0.250. The van der Waals surface area contributed by atoms with E-state index in [1.807, 2.05) is 18.3 Å². The third-order valence-electron chi connectivity index (χ3n) is 4.62. The number of hydrogen-bond acceptors (Lipinski definition) is 4. The zero-order valence-corrected chi connectivity index (χ0v) is 14.4. The highest BCUT2D eigenvalue weighted by Crippen LogP contribution is 2.36. The van der Waals surface area contributed by atoms with E-state index >= 15 is 0 Å². The van der Waals surface area contributed by atoms with E-state index < -0.39 is 0 Å². The summed E-state index contributed by atoms with van der Waals surface area (Å²) in [4.78, 5) is 24.2. The summed E-state index contributed by atoms with van der Waals surface area (Å²) >= 11 is 0. The molecule has 6 heteroatoms. The minimum Gasteiger partial charge on any atom is -0.464 e. The Morgan fingerprint density at radius 3 is 3.19 bits per heavy atom. The van der Waals surface area contributed by atoms with Gasteiger partial charge in [0.25, 0.3) is 0 Å². The van der Waals surface area contributed by atoms with Gasteiger partial charge in [0.15, 0.2) is 0 Å². The summed E-state index contributed by atoms with van der Waals surface area (Å²) in [6.45, 7) is 4.05. The fourth-order valence-corrected chi connectivity index (χ4v) is 3.46. The number of furan rings is 1. The van der Waals surface area contributed by atoms with Gasteiger partial charge in [-0.15, -0.1) is 0 Å². The van der Waals surface area contributed by atoms with Crippen molar-refractivity contribution >= 4 is 23.7 Å². The molecule has 132 valence electrons. The second-order valence-electron chi connectivity index (χ2n) is 6.31. The predicted octanol–water partition coefficient (Wildman–Crippen LogP) is 3.56. The summed E-state index contributed by atoms with van der Waals surface area (Å²) in [6.07, 6.45) is 11.6. The van der Waals surface area contributed by atoms with Crippen molar-refractivity contribution in [2.45, 2.75) is 25.3 Å². The summed E-state index contributed by atoms with van der Waals surface area (Å²) in [6, 6.07) is 3.79. The maximum Gasteiger partial charge on any atom is 0.243 e. The number of aromatic amines is 1. The van der Waals surface area contributed by atoms with Crippen LogP contribution in [0.3, 0.4) is 0 Å². The lowest BCUT2D eigenvalue weighted by Crippen LogP contribution is -2.34. The minimum atomic E-state index is -0.155. The molecule has 1 atom stereocenters. The van der Waals surface area contributed by atoms with Crippen molar-refractivity contribution in [3.8, 4) is 11.3 Å². The van der Waals surface area contributed by atoms with Crippen LogP contribution in [0.2, 0.25) is 0 Å². The molecule has 2 N–H and O–H groups in total. The number of carbonyl (C=O) groups excluding carboxylic acids is 1. The number of nitrogens with zero attached hydrogens (tertiary/aromatic N) is 2. The largest absolute Gasteiger partial charge is 0.464 e. The lowest BCUT2D eigenvalue weighted by molar-refractivity contribution is -0.116. The predicted molar refractivity (Wildman–Crippen MR) is 102 cm³/mol. The number of aliphatic imine (C=N–C) groups is 2. The first-order valence-corrected chi connectivity index (χ1v) is 8.73. The molecule has 2 aromatic heterocycles. The molecule has 0 aromatic carbocycles. The van der Waals surface area contributed by atoms with Crippen LogP contribution in [0.1, 0.15) is 24.8 Å². The Bertz CT molecular complexity index is 916. The number of hydrogen-bond donors (Lipinski definition) is 2. The Labute approximate surface area is 151 Å². The molecular formula is C20H20N4O2. The molecule has 1 aliphatic carbocycles. The molecule has 1 amide bonds. The number of fused-ring (bicyclic) bond motifs is 1. The Balaban J connectivity index is 1.74. The van der Waals surface area contributed by atoms with E-state index in [9.17, 15) is 4.79 Å². The van der Waals surface area contributed by atoms with E-state index in [1.54, 1.807) is 12.5 Å². The molecule has 4 rings (SSSR count).